The van der Waals surface area contributed by atoms with Crippen LogP contribution >= 0.6 is 0 Å². The van der Waals surface area contributed by atoms with Gasteiger partial charge in [-0.3, -0.25) is 4.79 Å². The minimum Gasteiger partial charge on any atom is -0.494 e. The first-order valence-electron chi connectivity index (χ1n) is 7.50. The van der Waals surface area contributed by atoms with Crippen molar-refractivity contribution in [3.8, 4) is 11.5 Å². The van der Waals surface area contributed by atoms with Crippen molar-refractivity contribution < 1.29 is 14.3 Å². The molecule has 0 unspecified atom stereocenters. The lowest BCUT2D eigenvalue weighted by molar-refractivity contribution is 0.102. The number of carbonyl (C=O) groups excluding carboxylic acids is 1. The average molecular weight is 311 g/mol. The maximum absolute atomic E-state index is 12.4. The molecule has 0 heterocycles. The highest BCUT2D eigenvalue weighted by atomic mass is 16.5. The zero-order valence-electron chi connectivity index (χ0n) is 13.5. The van der Waals surface area contributed by atoms with Crippen LogP contribution in [0.15, 0.2) is 60.7 Å². The quantitative estimate of drug-likeness (QED) is 0.776. The van der Waals surface area contributed by atoms with Crippen LogP contribution in [0.5, 0.6) is 11.5 Å². The largest absolute Gasteiger partial charge is 0.494 e. The standard InChI is InChI=1S/C19H21NO3/c1-4-22-16-9-7-8-15(12-16)19(21)20-17-10-5-6-11-18(17)23-13-14(2)3/h5-12H,2,4,13H2,1,3H3,(H,20,21). The van der Waals surface area contributed by atoms with Crippen LogP contribution in [0, 0.1) is 0 Å². The molecular formula is C19H21NO3. The Labute approximate surface area is 136 Å². The van der Waals surface area contributed by atoms with E-state index in [1.165, 1.54) is 0 Å². The fourth-order valence-corrected chi connectivity index (χ4v) is 1.98. The molecule has 0 spiro atoms. The van der Waals surface area contributed by atoms with E-state index in [0.717, 1.165) is 5.57 Å². The molecule has 0 radical (unpaired) electrons. The van der Waals surface area contributed by atoms with Gasteiger partial charge in [0.2, 0.25) is 0 Å². The van der Waals surface area contributed by atoms with Crippen LogP contribution in [-0.2, 0) is 0 Å². The van der Waals surface area contributed by atoms with E-state index in [1.54, 1.807) is 24.3 Å². The first kappa shape index (κ1) is 16.6. The summed E-state index contributed by atoms with van der Waals surface area (Å²) in [6, 6.07) is 14.4. The highest BCUT2D eigenvalue weighted by Gasteiger charge is 2.10. The predicted octanol–water partition coefficient (Wildman–Crippen LogP) is 4.29. The Balaban J connectivity index is 2.13. The maximum Gasteiger partial charge on any atom is 0.255 e. The summed E-state index contributed by atoms with van der Waals surface area (Å²) in [6.07, 6.45) is 0. The first-order chi connectivity index (χ1) is 11.1. The van der Waals surface area contributed by atoms with Crippen molar-refractivity contribution in [3.63, 3.8) is 0 Å². The number of benzene rings is 2. The lowest BCUT2D eigenvalue weighted by Gasteiger charge is -2.13. The van der Waals surface area contributed by atoms with E-state index < -0.39 is 0 Å². The Bertz CT molecular complexity index is 695. The van der Waals surface area contributed by atoms with E-state index >= 15 is 0 Å². The Kier molecular flexibility index (Phi) is 5.80. The minimum absolute atomic E-state index is 0.210. The number of amides is 1. The van der Waals surface area contributed by atoms with Crippen molar-refractivity contribution >= 4 is 11.6 Å². The van der Waals surface area contributed by atoms with Crippen molar-refractivity contribution in [2.24, 2.45) is 0 Å². The Morgan fingerprint density at radius 3 is 2.65 bits per heavy atom. The van der Waals surface area contributed by atoms with Crippen molar-refractivity contribution in [2.75, 3.05) is 18.5 Å². The summed E-state index contributed by atoms with van der Waals surface area (Å²) in [5, 5.41) is 2.87. The van der Waals surface area contributed by atoms with Gasteiger partial charge in [0.15, 0.2) is 0 Å². The van der Waals surface area contributed by atoms with E-state index in [-0.39, 0.29) is 5.91 Å². The molecule has 120 valence electrons. The van der Waals surface area contributed by atoms with Crippen molar-refractivity contribution in [2.45, 2.75) is 13.8 Å². The maximum atomic E-state index is 12.4. The third kappa shape index (κ3) is 4.88. The molecule has 2 aromatic carbocycles. The second-order valence-electron chi connectivity index (χ2n) is 5.16. The normalized spacial score (nSPS) is 10.0. The molecule has 2 rings (SSSR count). The number of ether oxygens (including phenoxy) is 2. The third-order valence-corrected chi connectivity index (χ3v) is 3.02. The number of para-hydroxylation sites is 2. The van der Waals surface area contributed by atoms with Crippen LogP contribution in [0.4, 0.5) is 5.69 Å². The molecule has 0 saturated carbocycles. The summed E-state index contributed by atoms with van der Waals surface area (Å²) in [6.45, 7) is 8.57. The number of hydrogen-bond acceptors (Lipinski definition) is 3. The van der Waals surface area contributed by atoms with Gasteiger partial charge in [-0.25, -0.2) is 0 Å². The SMILES string of the molecule is C=C(C)COc1ccccc1NC(=O)c1cccc(OCC)c1. The second-order valence-corrected chi connectivity index (χ2v) is 5.16. The number of rotatable bonds is 7. The molecule has 0 aromatic heterocycles. The number of anilines is 1. The molecule has 0 bridgehead atoms. The van der Waals surface area contributed by atoms with Crippen LogP contribution < -0.4 is 14.8 Å². The van der Waals surface area contributed by atoms with E-state index in [9.17, 15) is 4.79 Å². The molecule has 1 amide bonds. The molecule has 0 aliphatic rings. The zero-order valence-corrected chi connectivity index (χ0v) is 13.5. The summed E-state index contributed by atoms with van der Waals surface area (Å²) in [4.78, 5) is 12.4. The zero-order chi connectivity index (χ0) is 16.7. The molecule has 1 N–H and O–H groups in total. The van der Waals surface area contributed by atoms with E-state index in [2.05, 4.69) is 11.9 Å². The van der Waals surface area contributed by atoms with Gasteiger partial charge < -0.3 is 14.8 Å². The second kappa shape index (κ2) is 8.03. The minimum atomic E-state index is -0.210. The van der Waals surface area contributed by atoms with Crippen molar-refractivity contribution in [3.05, 3.63) is 66.2 Å². The molecule has 0 aliphatic heterocycles. The van der Waals surface area contributed by atoms with E-state index in [4.69, 9.17) is 9.47 Å². The number of carbonyl (C=O) groups is 1. The van der Waals surface area contributed by atoms with Gasteiger partial charge in [0.1, 0.15) is 18.1 Å². The van der Waals surface area contributed by atoms with Crippen LogP contribution in [0.3, 0.4) is 0 Å². The van der Waals surface area contributed by atoms with Gasteiger partial charge in [0.05, 0.1) is 12.3 Å². The van der Waals surface area contributed by atoms with E-state index in [0.29, 0.717) is 36.0 Å². The molecule has 2 aromatic rings. The van der Waals surface area contributed by atoms with Gasteiger partial charge in [-0.2, -0.15) is 0 Å². The molecule has 0 saturated heterocycles. The molecule has 4 nitrogen and oxygen atoms in total. The molecule has 4 heteroatoms. The lowest BCUT2D eigenvalue weighted by atomic mass is 10.2. The molecule has 23 heavy (non-hydrogen) atoms. The summed E-state index contributed by atoms with van der Waals surface area (Å²) in [5.41, 5.74) is 2.07. The van der Waals surface area contributed by atoms with Crippen LogP contribution in [0.1, 0.15) is 24.2 Å². The molecule has 0 aliphatic carbocycles. The van der Waals surface area contributed by atoms with Crippen LogP contribution in [0.25, 0.3) is 0 Å². The predicted molar refractivity (Wildman–Crippen MR) is 92.3 cm³/mol. The monoisotopic (exact) mass is 311 g/mol. The van der Waals surface area contributed by atoms with Crippen LogP contribution in [0.2, 0.25) is 0 Å². The summed E-state index contributed by atoms with van der Waals surface area (Å²) in [7, 11) is 0. The molecule has 0 fully saturated rings. The van der Waals surface area contributed by atoms with Crippen molar-refractivity contribution in [1.29, 1.82) is 0 Å². The summed E-state index contributed by atoms with van der Waals surface area (Å²) >= 11 is 0. The topological polar surface area (TPSA) is 47.6 Å². The number of hydrogen-bond donors (Lipinski definition) is 1. The fraction of sp³-hybridized carbons (Fsp3) is 0.211. The first-order valence-corrected chi connectivity index (χ1v) is 7.50. The number of nitrogens with one attached hydrogen (secondary N) is 1. The molecular weight excluding hydrogens is 290 g/mol. The Morgan fingerprint density at radius 2 is 1.91 bits per heavy atom. The van der Waals surface area contributed by atoms with Crippen molar-refractivity contribution in [1.82, 2.24) is 0 Å². The van der Waals surface area contributed by atoms with Gasteiger partial charge in [0.25, 0.3) is 5.91 Å². The summed E-state index contributed by atoms with van der Waals surface area (Å²) in [5.74, 6) is 1.08. The summed E-state index contributed by atoms with van der Waals surface area (Å²) < 4.78 is 11.1. The average Bonchev–Trinajstić information content (AvgIpc) is 2.54. The Morgan fingerprint density at radius 1 is 1.13 bits per heavy atom. The van der Waals surface area contributed by atoms with Crippen LogP contribution in [-0.4, -0.2) is 19.1 Å². The Hall–Kier alpha value is -2.75. The highest BCUT2D eigenvalue weighted by Crippen LogP contribution is 2.25. The lowest BCUT2D eigenvalue weighted by Crippen LogP contribution is -2.13. The molecule has 0 atom stereocenters. The van der Waals surface area contributed by atoms with Gasteiger partial charge in [-0.05, 0) is 49.8 Å². The van der Waals surface area contributed by atoms with Gasteiger partial charge in [-0.1, -0.05) is 24.8 Å². The smallest absolute Gasteiger partial charge is 0.255 e. The third-order valence-electron chi connectivity index (χ3n) is 3.02. The van der Waals surface area contributed by atoms with E-state index in [1.807, 2.05) is 38.1 Å². The highest BCUT2D eigenvalue weighted by molar-refractivity contribution is 6.05. The van der Waals surface area contributed by atoms with Gasteiger partial charge in [0, 0.05) is 5.56 Å². The van der Waals surface area contributed by atoms with Gasteiger partial charge >= 0.3 is 0 Å². The van der Waals surface area contributed by atoms with Gasteiger partial charge in [-0.15, -0.1) is 0 Å². The fourth-order valence-electron chi connectivity index (χ4n) is 1.98.